The lowest BCUT2D eigenvalue weighted by Gasteiger charge is -2.16. The van der Waals surface area contributed by atoms with Gasteiger partial charge in [-0.25, -0.2) is 22.6 Å². The summed E-state index contributed by atoms with van der Waals surface area (Å²) in [5.41, 5.74) is 0. The van der Waals surface area contributed by atoms with Gasteiger partial charge in [0.25, 0.3) is 10.0 Å². The molecule has 0 fully saturated rings. The third kappa shape index (κ3) is 2.56. The molecule has 0 saturated heterocycles. The molecule has 1 N–H and O–H groups in total. The molecule has 0 bridgehead atoms. The number of thiazole rings is 1. The van der Waals surface area contributed by atoms with Crippen LogP contribution in [-0.4, -0.2) is 24.6 Å². The van der Waals surface area contributed by atoms with Crippen LogP contribution in [0.3, 0.4) is 0 Å². The topological polar surface area (TPSA) is 87.6 Å². The maximum atomic E-state index is 12.8. The number of hydrogen-bond donors (Lipinski definition) is 1. The van der Waals surface area contributed by atoms with Crippen LogP contribution >= 0.6 is 11.3 Å². The number of halogens is 1. The van der Waals surface area contributed by atoms with E-state index in [9.17, 15) is 17.6 Å². The zero-order valence-electron chi connectivity index (χ0n) is 9.22. The molecule has 0 aliphatic carbocycles. The van der Waals surface area contributed by atoms with Gasteiger partial charge < -0.3 is 5.11 Å². The monoisotopic (exact) mass is 302 g/mol. The highest BCUT2D eigenvalue weighted by Crippen LogP contribution is 2.25. The molecule has 0 aliphatic heterocycles. The molecule has 100 valence electrons. The van der Waals surface area contributed by atoms with Crippen molar-refractivity contribution in [2.24, 2.45) is 0 Å². The Hall–Kier alpha value is -2.00. The minimum Gasteiger partial charge on any atom is -0.464 e. The van der Waals surface area contributed by atoms with E-state index in [-0.39, 0.29) is 14.3 Å². The van der Waals surface area contributed by atoms with Crippen molar-refractivity contribution < 1.29 is 22.7 Å². The Bertz CT molecular complexity index is 683. The molecule has 6 nitrogen and oxygen atoms in total. The average molecular weight is 302 g/mol. The summed E-state index contributed by atoms with van der Waals surface area (Å²) >= 11 is 0.865. The number of hydrogen-bond acceptors (Lipinski definition) is 5. The van der Waals surface area contributed by atoms with Crippen molar-refractivity contribution >= 4 is 32.6 Å². The minimum absolute atomic E-state index is 0.158. The van der Waals surface area contributed by atoms with Gasteiger partial charge in [0.2, 0.25) is 5.13 Å². The van der Waals surface area contributed by atoms with Crippen LogP contribution in [0.2, 0.25) is 0 Å². The summed E-state index contributed by atoms with van der Waals surface area (Å²) in [5, 5.41) is 10.3. The first-order valence-electron chi connectivity index (χ1n) is 4.86. The van der Waals surface area contributed by atoms with E-state index < -0.39 is 21.9 Å². The molecule has 0 unspecified atom stereocenters. The van der Waals surface area contributed by atoms with Gasteiger partial charge in [-0.1, -0.05) is 0 Å². The Morgan fingerprint density at radius 1 is 1.32 bits per heavy atom. The molecular weight excluding hydrogens is 295 g/mol. The lowest BCUT2D eigenvalue weighted by molar-refractivity contribution is 0.206. The predicted octanol–water partition coefficient (Wildman–Crippen LogP) is 2.16. The highest BCUT2D eigenvalue weighted by molar-refractivity contribution is 7.93. The van der Waals surface area contributed by atoms with E-state index in [1.54, 1.807) is 0 Å². The molecule has 19 heavy (non-hydrogen) atoms. The standard InChI is InChI=1S/C10H7FN2O4S2/c11-7-1-3-8(4-2-7)19(16,17)13(10(14)15)9-12-5-6-18-9/h1-6H,(H,14,15). The number of rotatable bonds is 3. The quantitative estimate of drug-likeness (QED) is 0.938. The van der Waals surface area contributed by atoms with Gasteiger partial charge in [-0.15, -0.1) is 15.6 Å². The maximum Gasteiger partial charge on any atom is 0.428 e. The van der Waals surface area contributed by atoms with E-state index in [1.165, 1.54) is 11.6 Å². The lowest BCUT2D eigenvalue weighted by Crippen LogP contribution is -2.35. The van der Waals surface area contributed by atoms with Gasteiger partial charge >= 0.3 is 6.09 Å². The van der Waals surface area contributed by atoms with Gasteiger partial charge in [-0.05, 0) is 24.3 Å². The first kappa shape index (κ1) is 13.4. The van der Waals surface area contributed by atoms with Gasteiger partial charge in [-0.3, -0.25) is 0 Å². The molecule has 2 rings (SSSR count). The number of carbonyl (C=O) groups is 1. The van der Waals surface area contributed by atoms with Crippen LogP contribution in [0.25, 0.3) is 0 Å². The molecule has 1 heterocycles. The molecule has 1 aromatic heterocycles. The SMILES string of the molecule is O=C(O)N(c1nccs1)S(=O)(=O)c1ccc(F)cc1. The smallest absolute Gasteiger partial charge is 0.428 e. The summed E-state index contributed by atoms with van der Waals surface area (Å²) in [6.45, 7) is 0. The van der Waals surface area contributed by atoms with Crippen molar-refractivity contribution in [3.63, 3.8) is 0 Å². The number of benzene rings is 1. The molecule has 0 radical (unpaired) electrons. The fourth-order valence-corrected chi connectivity index (χ4v) is 3.43. The summed E-state index contributed by atoms with van der Waals surface area (Å²) in [5.74, 6) is -0.616. The number of carboxylic acid groups (broad SMARTS) is 1. The molecule has 0 aliphatic rings. The first-order chi connectivity index (χ1) is 8.93. The predicted molar refractivity (Wildman–Crippen MR) is 66.2 cm³/mol. The van der Waals surface area contributed by atoms with Gasteiger partial charge in [0, 0.05) is 11.6 Å². The van der Waals surface area contributed by atoms with E-state index in [2.05, 4.69) is 4.98 Å². The Morgan fingerprint density at radius 2 is 1.95 bits per heavy atom. The zero-order chi connectivity index (χ0) is 14.0. The fourth-order valence-electron chi connectivity index (χ4n) is 1.32. The maximum absolute atomic E-state index is 12.8. The van der Waals surface area contributed by atoms with Crippen LogP contribution in [0.1, 0.15) is 0 Å². The molecule has 9 heteroatoms. The molecule has 0 spiro atoms. The Kier molecular flexibility index (Phi) is 3.49. The van der Waals surface area contributed by atoms with E-state index in [4.69, 9.17) is 5.11 Å². The first-order valence-corrected chi connectivity index (χ1v) is 7.18. The molecule has 2 aromatic rings. The number of aromatic nitrogens is 1. The van der Waals surface area contributed by atoms with Crippen molar-refractivity contribution in [2.75, 3.05) is 4.31 Å². The summed E-state index contributed by atoms with van der Waals surface area (Å²) in [6.07, 6.45) is -0.393. The van der Waals surface area contributed by atoms with Gasteiger partial charge in [-0.2, -0.15) is 0 Å². The summed E-state index contributed by atoms with van der Waals surface area (Å²) in [7, 11) is -4.32. The van der Waals surface area contributed by atoms with Crippen LogP contribution in [0, 0.1) is 5.82 Å². The van der Waals surface area contributed by atoms with Gasteiger partial charge in [0.15, 0.2) is 0 Å². The number of anilines is 1. The van der Waals surface area contributed by atoms with Crippen molar-refractivity contribution in [1.82, 2.24) is 4.98 Å². The molecular formula is C10H7FN2O4S2. The van der Waals surface area contributed by atoms with Crippen molar-refractivity contribution in [1.29, 1.82) is 0 Å². The van der Waals surface area contributed by atoms with Crippen LogP contribution in [0.15, 0.2) is 40.7 Å². The summed E-state index contributed by atoms with van der Waals surface area (Å²) in [4.78, 5) is 14.5. The van der Waals surface area contributed by atoms with Crippen LogP contribution in [-0.2, 0) is 10.0 Å². The van der Waals surface area contributed by atoms with Crippen molar-refractivity contribution in [3.8, 4) is 0 Å². The highest BCUT2D eigenvalue weighted by Gasteiger charge is 2.32. The third-order valence-corrected chi connectivity index (χ3v) is 4.67. The molecule has 1 aromatic carbocycles. The lowest BCUT2D eigenvalue weighted by atomic mass is 10.4. The van der Waals surface area contributed by atoms with Gasteiger partial charge in [0.1, 0.15) is 5.82 Å². The molecule has 1 amide bonds. The fraction of sp³-hybridized carbons (Fsp3) is 0. The van der Waals surface area contributed by atoms with E-state index in [1.807, 2.05) is 0 Å². The van der Waals surface area contributed by atoms with Crippen LogP contribution < -0.4 is 4.31 Å². The van der Waals surface area contributed by atoms with Crippen LogP contribution in [0.5, 0.6) is 0 Å². The van der Waals surface area contributed by atoms with Crippen molar-refractivity contribution in [2.45, 2.75) is 4.90 Å². The minimum atomic E-state index is -4.32. The summed E-state index contributed by atoms with van der Waals surface area (Å²) in [6, 6.07) is 3.87. The number of nitrogens with zero attached hydrogens (tertiary/aromatic N) is 2. The largest absolute Gasteiger partial charge is 0.464 e. The Labute approximate surface area is 111 Å². The second-order valence-electron chi connectivity index (χ2n) is 3.32. The molecule has 0 atom stereocenters. The zero-order valence-corrected chi connectivity index (χ0v) is 10.9. The van der Waals surface area contributed by atoms with E-state index in [0.717, 1.165) is 35.6 Å². The third-order valence-electron chi connectivity index (χ3n) is 2.12. The highest BCUT2D eigenvalue weighted by atomic mass is 32.2. The number of amides is 1. The van der Waals surface area contributed by atoms with E-state index >= 15 is 0 Å². The number of sulfonamides is 1. The van der Waals surface area contributed by atoms with Crippen LogP contribution in [0.4, 0.5) is 14.3 Å². The Morgan fingerprint density at radius 3 is 2.42 bits per heavy atom. The molecule has 0 saturated carbocycles. The van der Waals surface area contributed by atoms with Gasteiger partial charge in [0.05, 0.1) is 4.90 Å². The normalized spacial score (nSPS) is 11.2. The Balaban J connectivity index is 2.52. The average Bonchev–Trinajstić information content (AvgIpc) is 2.82. The van der Waals surface area contributed by atoms with E-state index in [0.29, 0.717) is 0 Å². The second kappa shape index (κ2) is 4.94. The van der Waals surface area contributed by atoms with Crippen molar-refractivity contribution in [3.05, 3.63) is 41.7 Å². The summed E-state index contributed by atoms with van der Waals surface area (Å²) < 4.78 is 37.3. The second-order valence-corrected chi connectivity index (χ2v) is 5.98.